The summed E-state index contributed by atoms with van der Waals surface area (Å²) in [6.07, 6.45) is 3.32. The third kappa shape index (κ3) is 5.86. The Labute approximate surface area is 127 Å². The van der Waals surface area contributed by atoms with Crippen molar-refractivity contribution in [1.82, 2.24) is 0 Å². The maximum Gasteiger partial charge on any atom is 0.224 e. The molecule has 0 aliphatic carbocycles. The average Bonchev–Trinajstić information content (AvgIpc) is 2.38. The predicted molar refractivity (Wildman–Crippen MR) is 84.4 cm³/mol. The molecule has 0 bridgehead atoms. The number of carbonyl (C=O) groups is 1. The minimum Gasteiger partial charge on any atom is -0.330 e. The van der Waals surface area contributed by atoms with Crippen molar-refractivity contribution in [3.63, 3.8) is 0 Å². The van der Waals surface area contributed by atoms with E-state index in [1.54, 1.807) is 6.07 Å². The molecule has 0 aliphatic rings. The lowest BCUT2D eigenvalue weighted by Gasteiger charge is -2.13. The second-order valence-electron chi connectivity index (χ2n) is 4.56. The van der Waals surface area contributed by atoms with Crippen LogP contribution in [0, 0.1) is 15.3 Å². The molecule has 0 saturated carbocycles. The van der Waals surface area contributed by atoms with Gasteiger partial charge in [0, 0.05) is 9.99 Å². The minimum absolute atomic E-state index is 0.0278. The van der Waals surface area contributed by atoms with Crippen molar-refractivity contribution in [3.05, 3.63) is 27.6 Å². The summed E-state index contributed by atoms with van der Waals surface area (Å²) < 4.78 is 13.6. The van der Waals surface area contributed by atoms with E-state index in [-0.39, 0.29) is 11.7 Å². The highest BCUT2D eigenvalue weighted by molar-refractivity contribution is 14.1. The van der Waals surface area contributed by atoms with Crippen LogP contribution in [0.25, 0.3) is 0 Å². The third-order valence-electron chi connectivity index (χ3n) is 3.14. The molecule has 3 nitrogen and oxygen atoms in total. The topological polar surface area (TPSA) is 55.1 Å². The van der Waals surface area contributed by atoms with Crippen LogP contribution < -0.4 is 11.1 Å². The highest BCUT2D eigenvalue weighted by atomic mass is 127. The lowest BCUT2D eigenvalue weighted by atomic mass is 9.96. The number of nitrogens with one attached hydrogen (secondary N) is 1. The van der Waals surface area contributed by atoms with Gasteiger partial charge in [-0.2, -0.15) is 0 Å². The Morgan fingerprint density at radius 2 is 2.21 bits per heavy atom. The molecule has 1 rings (SSSR count). The van der Waals surface area contributed by atoms with Crippen molar-refractivity contribution in [1.29, 1.82) is 0 Å². The Balaban J connectivity index is 2.46. The molecule has 1 aromatic carbocycles. The largest absolute Gasteiger partial charge is 0.330 e. The first-order valence-electron chi connectivity index (χ1n) is 6.51. The van der Waals surface area contributed by atoms with Crippen LogP contribution >= 0.6 is 22.6 Å². The van der Waals surface area contributed by atoms with Crippen LogP contribution in [0.4, 0.5) is 10.1 Å². The maximum atomic E-state index is 12.9. The van der Waals surface area contributed by atoms with E-state index in [1.165, 1.54) is 12.1 Å². The average molecular weight is 378 g/mol. The summed E-state index contributed by atoms with van der Waals surface area (Å²) in [6.45, 7) is 2.77. The van der Waals surface area contributed by atoms with Crippen molar-refractivity contribution < 1.29 is 9.18 Å². The van der Waals surface area contributed by atoms with Gasteiger partial charge in [0.1, 0.15) is 5.82 Å². The molecule has 1 unspecified atom stereocenters. The van der Waals surface area contributed by atoms with E-state index in [4.69, 9.17) is 5.73 Å². The number of benzene rings is 1. The fourth-order valence-electron chi connectivity index (χ4n) is 1.93. The van der Waals surface area contributed by atoms with E-state index < -0.39 is 0 Å². The maximum absolute atomic E-state index is 12.9. The lowest BCUT2D eigenvalue weighted by Crippen LogP contribution is -2.15. The first-order valence-corrected chi connectivity index (χ1v) is 7.59. The molecular weight excluding hydrogens is 358 g/mol. The SMILES string of the molecule is CCC(CCN)CCC(=O)Nc1ccc(F)cc1I. The van der Waals surface area contributed by atoms with Crippen molar-refractivity contribution in [2.45, 2.75) is 32.6 Å². The van der Waals surface area contributed by atoms with E-state index in [2.05, 4.69) is 12.2 Å². The van der Waals surface area contributed by atoms with Gasteiger partial charge in [0.25, 0.3) is 0 Å². The summed E-state index contributed by atoms with van der Waals surface area (Å²) in [6, 6.07) is 4.34. The van der Waals surface area contributed by atoms with Crippen LogP contribution in [0.3, 0.4) is 0 Å². The van der Waals surface area contributed by atoms with Crippen LogP contribution in [-0.4, -0.2) is 12.5 Å². The Hall–Kier alpha value is -0.690. The van der Waals surface area contributed by atoms with Crippen molar-refractivity contribution in [3.8, 4) is 0 Å². The van der Waals surface area contributed by atoms with Crippen LogP contribution in [0.15, 0.2) is 18.2 Å². The monoisotopic (exact) mass is 378 g/mol. The quantitative estimate of drug-likeness (QED) is 0.714. The second-order valence-corrected chi connectivity index (χ2v) is 5.72. The van der Waals surface area contributed by atoms with Crippen LogP contribution in [-0.2, 0) is 4.79 Å². The zero-order chi connectivity index (χ0) is 14.3. The van der Waals surface area contributed by atoms with Gasteiger partial charge in [-0.1, -0.05) is 13.3 Å². The third-order valence-corrected chi connectivity index (χ3v) is 4.03. The predicted octanol–water partition coefficient (Wildman–Crippen LogP) is 3.52. The fraction of sp³-hybridized carbons (Fsp3) is 0.500. The Bertz CT molecular complexity index is 426. The Morgan fingerprint density at radius 3 is 2.79 bits per heavy atom. The van der Waals surface area contributed by atoms with Gasteiger partial charge in [-0.25, -0.2) is 4.39 Å². The van der Waals surface area contributed by atoms with Gasteiger partial charge >= 0.3 is 0 Å². The Kier molecular flexibility index (Phi) is 7.30. The van der Waals surface area contributed by atoms with Gasteiger partial charge in [0.2, 0.25) is 5.91 Å². The van der Waals surface area contributed by atoms with Crippen molar-refractivity contribution in [2.24, 2.45) is 11.7 Å². The summed E-state index contributed by atoms with van der Waals surface area (Å²) in [7, 11) is 0. The molecule has 0 radical (unpaired) electrons. The number of carbonyl (C=O) groups excluding carboxylic acids is 1. The first kappa shape index (κ1) is 16.4. The molecule has 3 N–H and O–H groups in total. The highest BCUT2D eigenvalue weighted by Crippen LogP contribution is 2.20. The number of nitrogens with two attached hydrogens (primary N) is 1. The normalized spacial score (nSPS) is 12.2. The summed E-state index contributed by atoms with van der Waals surface area (Å²) in [5.41, 5.74) is 6.20. The standard InChI is InChI=1S/C14H20FIN2O/c1-2-10(7-8-17)3-6-14(19)18-13-5-4-11(15)9-12(13)16/h4-5,9-10H,2-3,6-8,17H2,1H3,(H,18,19). The molecule has 0 aromatic heterocycles. The molecule has 5 heteroatoms. The number of rotatable bonds is 7. The van der Waals surface area contributed by atoms with Crippen LogP contribution in [0.5, 0.6) is 0 Å². The molecule has 19 heavy (non-hydrogen) atoms. The molecule has 0 saturated heterocycles. The molecule has 1 atom stereocenters. The smallest absolute Gasteiger partial charge is 0.224 e. The minimum atomic E-state index is -0.295. The molecule has 0 heterocycles. The summed E-state index contributed by atoms with van der Waals surface area (Å²) in [5, 5.41) is 2.81. The zero-order valence-corrected chi connectivity index (χ0v) is 13.2. The van der Waals surface area contributed by atoms with Crippen molar-refractivity contribution in [2.75, 3.05) is 11.9 Å². The summed E-state index contributed by atoms with van der Waals surface area (Å²) in [5.74, 6) is 0.180. The van der Waals surface area contributed by atoms with E-state index in [9.17, 15) is 9.18 Å². The number of amides is 1. The molecule has 0 aliphatic heterocycles. The van der Waals surface area contributed by atoms with Gasteiger partial charge in [-0.05, 0) is 66.1 Å². The molecule has 1 aromatic rings. The summed E-state index contributed by atoms with van der Waals surface area (Å²) in [4.78, 5) is 11.8. The number of hydrogen-bond donors (Lipinski definition) is 2. The highest BCUT2D eigenvalue weighted by Gasteiger charge is 2.10. The van der Waals surface area contributed by atoms with E-state index in [0.717, 1.165) is 19.3 Å². The first-order chi connectivity index (χ1) is 9.06. The van der Waals surface area contributed by atoms with Gasteiger partial charge < -0.3 is 11.1 Å². The molecule has 1 amide bonds. The van der Waals surface area contributed by atoms with E-state index in [1.807, 2.05) is 22.6 Å². The Morgan fingerprint density at radius 1 is 1.47 bits per heavy atom. The zero-order valence-electron chi connectivity index (χ0n) is 11.1. The molecule has 0 spiro atoms. The fourth-order valence-corrected chi connectivity index (χ4v) is 2.54. The molecule has 0 fully saturated rings. The van der Waals surface area contributed by atoms with E-state index >= 15 is 0 Å². The lowest BCUT2D eigenvalue weighted by molar-refractivity contribution is -0.116. The van der Waals surface area contributed by atoms with Gasteiger partial charge in [0.05, 0.1) is 5.69 Å². The van der Waals surface area contributed by atoms with Gasteiger partial charge in [0.15, 0.2) is 0 Å². The number of halogens is 2. The number of hydrogen-bond acceptors (Lipinski definition) is 2. The molecular formula is C14H20FIN2O. The van der Waals surface area contributed by atoms with Gasteiger partial charge in [-0.15, -0.1) is 0 Å². The van der Waals surface area contributed by atoms with Gasteiger partial charge in [-0.3, -0.25) is 4.79 Å². The molecule has 106 valence electrons. The second kappa shape index (κ2) is 8.47. The number of anilines is 1. The van der Waals surface area contributed by atoms with Crippen LogP contribution in [0.2, 0.25) is 0 Å². The van der Waals surface area contributed by atoms with Crippen molar-refractivity contribution >= 4 is 34.2 Å². The summed E-state index contributed by atoms with van der Waals surface area (Å²) >= 11 is 2.01. The van der Waals surface area contributed by atoms with Crippen LogP contribution in [0.1, 0.15) is 32.6 Å². The van der Waals surface area contributed by atoms with E-state index in [0.29, 0.717) is 28.1 Å².